The van der Waals surface area contributed by atoms with Gasteiger partial charge in [-0.2, -0.15) is 0 Å². The Labute approximate surface area is 129 Å². The minimum atomic E-state index is -0.300. The Morgan fingerprint density at radius 3 is 1.90 bits per heavy atom. The number of hydrogen-bond acceptors (Lipinski definition) is 4. The van der Waals surface area contributed by atoms with Crippen molar-refractivity contribution in [3.8, 4) is 0 Å². The molecule has 0 heterocycles. The van der Waals surface area contributed by atoms with Gasteiger partial charge < -0.3 is 14.9 Å². The molecule has 0 fully saturated rings. The predicted octanol–water partition coefficient (Wildman–Crippen LogP) is 3.58. The average molecular weight is 302 g/mol. The molecule has 2 N–H and O–H groups in total. The van der Waals surface area contributed by atoms with Crippen LogP contribution >= 0.6 is 0 Å². The molecule has 0 bridgehead atoms. The van der Waals surface area contributed by atoms with Crippen molar-refractivity contribution in [2.75, 3.05) is 7.11 Å². The summed E-state index contributed by atoms with van der Waals surface area (Å²) >= 11 is 0. The summed E-state index contributed by atoms with van der Waals surface area (Å²) in [7, 11) is 1.41. The molecule has 0 spiro atoms. The third-order valence-corrected chi connectivity index (χ3v) is 3.87. The molecule has 4 heteroatoms. The molecule has 0 radical (unpaired) electrons. The van der Waals surface area contributed by atoms with E-state index in [4.69, 9.17) is 0 Å². The van der Waals surface area contributed by atoms with Crippen molar-refractivity contribution in [2.24, 2.45) is 0 Å². The fraction of sp³-hybridized carbons (Fsp3) is 0.941. The third kappa shape index (κ3) is 14.1. The first-order chi connectivity index (χ1) is 10.1. The largest absolute Gasteiger partial charge is 0.469 e. The maximum absolute atomic E-state index is 10.9. The van der Waals surface area contributed by atoms with E-state index in [1.165, 1.54) is 20.0 Å². The van der Waals surface area contributed by atoms with E-state index in [2.05, 4.69) is 11.7 Å². The first kappa shape index (κ1) is 20.4. The number of aliphatic hydroxyl groups is 2. The van der Waals surface area contributed by atoms with E-state index >= 15 is 0 Å². The highest BCUT2D eigenvalue weighted by Gasteiger charge is 2.09. The van der Waals surface area contributed by atoms with Crippen LogP contribution in [0, 0.1) is 0 Å². The zero-order chi connectivity index (χ0) is 15.9. The second kappa shape index (κ2) is 14.3. The number of carbonyl (C=O) groups excluding carboxylic acids is 1. The molecule has 0 aromatic heterocycles. The molecule has 0 aliphatic heterocycles. The number of methoxy groups -OCH3 is 1. The fourth-order valence-corrected chi connectivity index (χ4v) is 2.41. The molecule has 0 rings (SSSR count). The third-order valence-electron chi connectivity index (χ3n) is 3.87. The molecular weight excluding hydrogens is 268 g/mol. The number of unbranched alkanes of at least 4 members (excludes halogenated alkanes) is 5. The van der Waals surface area contributed by atoms with Gasteiger partial charge in [-0.15, -0.1) is 0 Å². The van der Waals surface area contributed by atoms with Crippen molar-refractivity contribution in [2.45, 2.75) is 96.2 Å². The second-order valence-electron chi connectivity index (χ2n) is 5.91. The lowest BCUT2D eigenvalue weighted by Gasteiger charge is -2.14. The maximum Gasteiger partial charge on any atom is 0.305 e. The summed E-state index contributed by atoms with van der Waals surface area (Å²) in [5, 5.41) is 19.7. The smallest absolute Gasteiger partial charge is 0.305 e. The van der Waals surface area contributed by atoms with Crippen molar-refractivity contribution in [1.29, 1.82) is 0 Å². The van der Waals surface area contributed by atoms with Crippen LogP contribution in [0.25, 0.3) is 0 Å². The lowest BCUT2D eigenvalue weighted by molar-refractivity contribution is -0.140. The number of aliphatic hydroxyl groups excluding tert-OH is 2. The summed E-state index contributed by atoms with van der Waals surface area (Å²) < 4.78 is 4.58. The highest BCUT2D eigenvalue weighted by atomic mass is 16.5. The normalized spacial score (nSPS) is 13.9. The van der Waals surface area contributed by atoms with Crippen molar-refractivity contribution < 1.29 is 19.7 Å². The quantitative estimate of drug-likeness (QED) is 0.380. The van der Waals surface area contributed by atoms with Crippen molar-refractivity contribution in [3.63, 3.8) is 0 Å². The summed E-state index contributed by atoms with van der Waals surface area (Å²) in [4.78, 5) is 10.9. The van der Waals surface area contributed by atoms with Gasteiger partial charge in [0, 0.05) is 6.42 Å². The van der Waals surface area contributed by atoms with E-state index in [1.54, 1.807) is 0 Å². The van der Waals surface area contributed by atoms with Crippen LogP contribution in [0.2, 0.25) is 0 Å². The first-order valence-corrected chi connectivity index (χ1v) is 8.53. The SMILES string of the molecule is CCCCC[C@H](O)CC[C@@H](O)CCCCCCC(=O)OC. The van der Waals surface area contributed by atoms with Crippen LogP contribution in [0.15, 0.2) is 0 Å². The summed E-state index contributed by atoms with van der Waals surface area (Å²) in [5.74, 6) is -0.146. The van der Waals surface area contributed by atoms with Crippen LogP contribution in [-0.2, 0) is 9.53 Å². The van der Waals surface area contributed by atoms with E-state index < -0.39 is 0 Å². The van der Waals surface area contributed by atoms with Gasteiger partial charge in [0.25, 0.3) is 0 Å². The summed E-state index contributed by atoms with van der Waals surface area (Å²) in [5.41, 5.74) is 0. The Hall–Kier alpha value is -0.610. The van der Waals surface area contributed by atoms with Crippen LogP contribution in [0.4, 0.5) is 0 Å². The number of carbonyl (C=O) groups is 1. The van der Waals surface area contributed by atoms with Gasteiger partial charge in [-0.25, -0.2) is 0 Å². The first-order valence-electron chi connectivity index (χ1n) is 8.53. The summed E-state index contributed by atoms with van der Waals surface area (Å²) in [6.07, 6.45) is 10.3. The zero-order valence-corrected chi connectivity index (χ0v) is 13.9. The van der Waals surface area contributed by atoms with Crippen molar-refractivity contribution >= 4 is 5.97 Å². The zero-order valence-electron chi connectivity index (χ0n) is 13.9. The Kier molecular flexibility index (Phi) is 13.9. The van der Waals surface area contributed by atoms with E-state index in [9.17, 15) is 15.0 Å². The Morgan fingerprint density at radius 2 is 1.38 bits per heavy atom. The minimum absolute atomic E-state index is 0.146. The monoisotopic (exact) mass is 302 g/mol. The van der Waals surface area contributed by atoms with Gasteiger partial charge in [0.2, 0.25) is 0 Å². The fourth-order valence-electron chi connectivity index (χ4n) is 2.41. The van der Waals surface area contributed by atoms with Gasteiger partial charge in [-0.05, 0) is 32.1 Å². The molecule has 0 aromatic rings. The Bertz CT molecular complexity index is 243. The molecule has 126 valence electrons. The van der Waals surface area contributed by atoms with Gasteiger partial charge in [-0.3, -0.25) is 4.79 Å². The second-order valence-corrected chi connectivity index (χ2v) is 5.91. The van der Waals surface area contributed by atoms with Crippen LogP contribution < -0.4 is 0 Å². The van der Waals surface area contributed by atoms with E-state index in [-0.39, 0.29) is 18.2 Å². The Balaban J connectivity index is 3.37. The Morgan fingerprint density at radius 1 is 0.857 bits per heavy atom. The molecule has 0 saturated heterocycles. The van der Waals surface area contributed by atoms with Crippen LogP contribution in [0.5, 0.6) is 0 Å². The molecule has 0 amide bonds. The highest BCUT2D eigenvalue weighted by molar-refractivity contribution is 5.68. The summed E-state index contributed by atoms with van der Waals surface area (Å²) in [6.45, 7) is 2.15. The minimum Gasteiger partial charge on any atom is -0.469 e. The van der Waals surface area contributed by atoms with Crippen molar-refractivity contribution in [1.82, 2.24) is 0 Å². The van der Waals surface area contributed by atoms with E-state index in [1.807, 2.05) is 0 Å². The number of esters is 1. The molecule has 0 saturated carbocycles. The lowest BCUT2D eigenvalue weighted by Crippen LogP contribution is -2.13. The van der Waals surface area contributed by atoms with E-state index in [0.29, 0.717) is 19.3 Å². The number of hydrogen-bond donors (Lipinski definition) is 2. The predicted molar refractivity (Wildman–Crippen MR) is 85.1 cm³/mol. The van der Waals surface area contributed by atoms with Gasteiger partial charge in [0.15, 0.2) is 0 Å². The van der Waals surface area contributed by atoms with Gasteiger partial charge >= 0.3 is 5.97 Å². The van der Waals surface area contributed by atoms with Crippen LogP contribution in [-0.4, -0.2) is 35.5 Å². The highest BCUT2D eigenvalue weighted by Crippen LogP contribution is 2.14. The standard InChI is InChI=1S/C17H34O4/c1-3-4-7-10-15(18)13-14-16(19)11-8-5-6-9-12-17(20)21-2/h15-16,18-19H,3-14H2,1-2H3/t15-,16-/m0/s1. The maximum atomic E-state index is 10.9. The lowest BCUT2D eigenvalue weighted by atomic mass is 10.0. The van der Waals surface area contributed by atoms with Crippen LogP contribution in [0.1, 0.15) is 84.0 Å². The van der Waals surface area contributed by atoms with Gasteiger partial charge in [0.1, 0.15) is 0 Å². The molecule has 0 unspecified atom stereocenters. The van der Waals surface area contributed by atoms with Crippen molar-refractivity contribution in [3.05, 3.63) is 0 Å². The number of rotatable bonds is 14. The topological polar surface area (TPSA) is 66.8 Å². The molecule has 4 nitrogen and oxygen atoms in total. The number of ether oxygens (including phenoxy) is 1. The average Bonchev–Trinajstić information content (AvgIpc) is 2.48. The molecule has 0 aliphatic rings. The van der Waals surface area contributed by atoms with Crippen LogP contribution in [0.3, 0.4) is 0 Å². The molecule has 0 aliphatic carbocycles. The molecular formula is C17H34O4. The molecule has 21 heavy (non-hydrogen) atoms. The molecule has 0 aromatic carbocycles. The van der Waals surface area contributed by atoms with Gasteiger partial charge in [0.05, 0.1) is 19.3 Å². The molecule has 2 atom stereocenters. The van der Waals surface area contributed by atoms with E-state index in [0.717, 1.165) is 44.9 Å². The van der Waals surface area contributed by atoms with Gasteiger partial charge in [-0.1, -0.05) is 45.4 Å². The summed E-state index contributed by atoms with van der Waals surface area (Å²) in [6, 6.07) is 0.